The van der Waals surface area contributed by atoms with Gasteiger partial charge >= 0.3 is 7.48 Å². The second-order valence-electron chi connectivity index (χ2n) is 0.779. The van der Waals surface area contributed by atoms with Crippen LogP contribution in [0.5, 0.6) is 0 Å². The van der Waals surface area contributed by atoms with Gasteiger partial charge in [-0.2, -0.15) is 0 Å². The number of nitrogens with zero attached hydrogens (tertiary/aromatic N) is 1. The van der Waals surface area contributed by atoms with Crippen molar-refractivity contribution in [1.29, 1.82) is 0 Å². The van der Waals surface area contributed by atoms with Gasteiger partial charge in [-0.25, -0.2) is 0 Å². The summed E-state index contributed by atoms with van der Waals surface area (Å²) in [7, 11) is 4.79. The average molecular weight is 83.9 g/mol. The largest absolute Gasteiger partial charge is 0.436 e. The topological polar surface area (TPSA) is 21.6 Å². The lowest BCUT2D eigenvalue weighted by Gasteiger charge is -1.77. The number of hydrogen-bond acceptors (Lipinski definition) is 2. The molecule has 0 amide bonds. The van der Waals surface area contributed by atoms with Crippen LogP contribution in [0.1, 0.15) is 0 Å². The van der Waals surface area contributed by atoms with Gasteiger partial charge < -0.3 is 9.65 Å². The van der Waals surface area contributed by atoms with E-state index in [9.17, 15) is 0 Å². The molecule has 2 nitrogen and oxygen atoms in total. The Balaban J connectivity index is 2.66. The minimum atomic E-state index is 1.51. The second-order valence-corrected chi connectivity index (χ2v) is 0.779. The molecule has 0 aliphatic carbocycles. The Labute approximate surface area is 38.5 Å². The molecule has 0 spiro atoms. The molecule has 0 aromatic rings. The molecule has 0 unspecified atom stereocenters. The molecular formula is C3H7BNO. The predicted octanol–water partition coefficient (Wildman–Crippen LogP) is -0.0899. The molecule has 1 radical (unpaired) electrons. The van der Waals surface area contributed by atoms with Crippen LogP contribution in [0, 0.1) is 0 Å². The van der Waals surface area contributed by atoms with E-state index in [1.165, 1.54) is 7.48 Å². The zero-order chi connectivity index (χ0) is 4.83. The molecule has 0 fully saturated rings. The third-order valence-corrected chi connectivity index (χ3v) is 0.346. The highest BCUT2D eigenvalue weighted by Crippen LogP contribution is 1.52. The van der Waals surface area contributed by atoms with Gasteiger partial charge in [0.25, 0.3) is 0 Å². The SMILES string of the molecule is CN=C[B]OC. The molecule has 0 aromatic carbocycles. The van der Waals surface area contributed by atoms with E-state index in [1.807, 2.05) is 0 Å². The first kappa shape index (κ1) is 5.69. The molecule has 0 aliphatic rings. The smallest absolute Gasteiger partial charge is 0.341 e. The fourth-order valence-corrected chi connectivity index (χ4v) is 0.122. The quantitative estimate of drug-likeness (QED) is 0.338. The molecule has 0 bridgehead atoms. The molecule has 0 heterocycles. The molecule has 6 heavy (non-hydrogen) atoms. The van der Waals surface area contributed by atoms with Crippen molar-refractivity contribution in [3.63, 3.8) is 0 Å². The summed E-state index contributed by atoms with van der Waals surface area (Å²) in [6, 6.07) is 0. The summed E-state index contributed by atoms with van der Waals surface area (Å²) in [6.45, 7) is 0. The van der Waals surface area contributed by atoms with Gasteiger partial charge in [-0.05, 0) is 6.11 Å². The summed E-state index contributed by atoms with van der Waals surface area (Å²) in [6.07, 6.45) is 1.58. The highest BCUT2D eigenvalue weighted by molar-refractivity contribution is 6.62. The van der Waals surface area contributed by atoms with Gasteiger partial charge in [0.2, 0.25) is 0 Å². The number of hydrogen-bond donors (Lipinski definition) is 0. The van der Waals surface area contributed by atoms with Crippen LogP contribution in [0.3, 0.4) is 0 Å². The van der Waals surface area contributed by atoms with Crippen molar-refractivity contribution in [3.8, 4) is 0 Å². The van der Waals surface area contributed by atoms with Crippen LogP contribution in [-0.4, -0.2) is 27.8 Å². The Morgan fingerprint density at radius 3 is 2.67 bits per heavy atom. The molecule has 0 aliphatic heterocycles. The van der Waals surface area contributed by atoms with Gasteiger partial charge in [-0.1, -0.05) is 0 Å². The normalized spacial score (nSPS) is 9.67. The predicted molar refractivity (Wildman–Crippen MR) is 27.2 cm³/mol. The Hall–Kier alpha value is -0.305. The van der Waals surface area contributed by atoms with Crippen LogP contribution < -0.4 is 0 Å². The van der Waals surface area contributed by atoms with Gasteiger partial charge in [0.1, 0.15) is 0 Å². The van der Waals surface area contributed by atoms with E-state index < -0.39 is 0 Å². The maximum atomic E-state index is 4.51. The Kier molecular flexibility index (Phi) is 4.46. The highest BCUT2D eigenvalue weighted by atomic mass is 16.4. The zero-order valence-corrected chi connectivity index (χ0v) is 4.01. The molecule has 0 saturated heterocycles. The lowest BCUT2D eigenvalue weighted by molar-refractivity contribution is 0.453. The molecule has 0 rings (SSSR count). The lowest BCUT2D eigenvalue weighted by atomic mass is 10.1. The Bertz CT molecular complexity index is 46.1. The fraction of sp³-hybridized carbons (Fsp3) is 0.667. The molecule has 0 saturated carbocycles. The third kappa shape index (κ3) is 3.69. The molecule has 0 atom stereocenters. The van der Waals surface area contributed by atoms with Crippen LogP contribution in [0.15, 0.2) is 4.99 Å². The average Bonchev–Trinajstić information content (AvgIpc) is 1.61. The molecule has 33 valence electrons. The van der Waals surface area contributed by atoms with Gasteiger partial charge in [-0.3, -0.25) is 0 Å². The van der Waals surface area contributed by atoms with Gasteiger partial charge in [0.15, 0.2) is 0 Å². The third-order valence-electron chi connectivity index (χ3n) is 0.346. The molecular weight excluding hydrogens is 76.9 g/mol. The van der Waals surface area contributed by atoms with E-state index in [1.54, 1.807) is 20.3 Å². The summed E-state index contributed by atoms with van der Waals surface area (Å²) in [5.74, 6) is 0. The first-order chi connectivity index (χ1) is 2.91. The lowest BCUT2D eigenvalue weighted by Crippen LogP contribution is -1.92. The number of aliphatic imine (C=N–C) groups is 1. The van der Waals surface area contributed by atoms with E-state index in [2.05, 4.69) is 9.65 Å². The van der Waals surface area contributed by atoms with Crippen LogP contribution in [-0.2, 0) is 4.65 Å². The first-order valence-electron chi connectivity index (χ1n) is 1.68. The van der Waals surface area contributed by atoms with Crippen molar-refractivity contribution in [2.75, 3.05) is 14.2 Å². The van der Waals surface area contributed by atoms with Crippen LogP contribution in [0.4, 0.5) is 0 Å². The molecule has 0 aromatic heterocycles. The van der Waals surface area contributed by atoms with Crippen molar-refractivity contribution in [1.82, 2.24) is 0 Å². The van der Waals surface area contributed by atoms with E-state index >= 15 is 0 Å². The van der Waals surface area contributed by atoms with Crippen molar-refractivity contribution in [2.45, 2.75) is 0 Å². The second kappa shape index (κ2) is 4.69. The maximum Gasteiger partial charge on any atom is 0.341 e. The van der Waals surface area contributed by atoms with Crippen LogP contribution in [0.2, 0.25) is 0 Å². The standard InChI is InChI=1S/C3H7BNO/c1-5-3-4-6-2/h3H,1-2H3. The van der Waals surface area contributed by atoms with Crippen molar-refractivity contribution >= 4 is 13.6 Å². The fourth-order valence-electron chi connectivity index (χ4n) is 0.122. The van der Waals surface area contributed by atoms with Crippen LogP contribution in [0.25, 0.3) is 0 Å². The summed E-state index contributed by atoms with van der Waals surface area (Å²) in [5.41, 5.74) is 0. The van der Waals surface area contributed by atoms with E-state index in [0.717, 1.165) is 0 Å². The van der Waals surface area contributed by atoms with E-state index in [4.69, 9.17) is 0 Å². The van der Waals surface area contributed by atoms with Gasteiger partial charge in [0.05, 0.1) is 0 Å². The minimum Gasteiger partial charge on any atom is -0.436 e. The highest BCUT2D eigenvalue weighted by Gasteiger charge is 1.71. The Morgan fingerprint density at radius 1 is 1.83 bits per heavy atom. The first-order valence-corrected chi connectivity index (χ1v) is 1.68. The summed E-state index contributed by atoms with van der Waals surface area (Å²) in [4.78, 5) is 3.62. The van der Waals surface area contributed by atoms with Crippen molar-refractivity contribution in [3.05, 3.63) is 0 Å². The van der Waals surface area contributed by atoms with E-state index in [0.29, 0.717) is 0 Å². The maximum absolute atomic E-state index is 4.51. The van der Waals surface area contributed by atoms with Crippen LogP contribution >= 0.6 is 0 Å². The number of rotatable bonds is 2. The zero-order valence-electron chi connectivity index (χ0n) is 4.01. The molecule has 3 heteroatoms. The summed E-state index contributed by atoms with van der Waals surface area (Å²) in [5, 5.41) is 0. The van der Waals surface area contributed by atoms with Gasteiger partial charge in [0, 0.05) is 14.2 Å². The Morgan fingerprint density at radius 2 is 2.50 bits per heavy atom. The monoisotopic (exact) mass is 84.1 g/mol. The summed E-state index contributed by atoms with van der Waals surface area (Å²) < 4.78 is 4.51. The minimum absolute atomic E-state index is 1.51. The van der Waals surface area contributed by atoms with E-state index in [-0.39, 0.29) is 0 Å². The summed E-state index contributed by atoms with van der Waals surface area (Å²) >= 11 is 0. The van der Waals surface area contributed by atoms with Crippen molar-refractivity contribution < 1.29 is 4.65 Å². The van der Waals surface area contributed by atoms with Crippen molar-refractivity contribution in [2.24, 2.45) is 4.99 Å². The van der Waals surface area contributed by atoms with Gasteiger partial charge in [-0.15, -0.1) is 0 Å². The molecule has 0 N–H and O–H groups in total.